The minimum Gasteiger partial charge on any atom is -0.493 e. The SMILES string of the molecule is COc1cc(/C=N\NC(=O)/C(=C/c2ccc(N(C)C)cc2)NC(=O)c2cccc(F)c2)ccc1OC(=O)c1ccc(Br)cc1. The van der Waals surface area contributed by atoms with E-state index in [-0.39, 0.29) is 22.8 Å². The molecule has 0 bridgehead atoms. The van der Waals surface area contributed by atoms with E-state index in [1.54, 1.807) is 54.6 Å². The van der Waals surface area contributed by atoms with Crippen molar-refractivity contribution in [1.29, 1.82) is 0 Å². The summed E-state index contributed by atoms with van der Waals surface area (Å²) in [4.78, 5) is 40.4. The molecule has 0 saturated carbocycles. The molecule has 0 aliphatic rings. The lowest BCUT2D eigenvalue weighted by Crippen LogP contribution is -2.32. The van der Waals surface area contributed by atoms with Crippen LogP contribution in [0.1, 0.15) is 31.8 Å². The van der Waals surface area contributed by atoms with Gasteiger partial charge in [0.2, 0.25) is 0 Å². The van der Waals surface area contributed by atoms with Crippen molar-refractivity contribution in [2.75, 3.05) is 26.1 Å². The molecule has 4 aromatic rings. The molecule has 0 aliphatic heterocycles. The number of methoxy groups -OCH3 is 1. The van der Waals surface area contributed by atoms with E-state index in [0.29, 0.717) is 16.7 Å². The number of hydrazone groups is 1. The number of nitrogens with one attached hydrogen (secondary N) is 2. The normalized spacial score (nSPS) is 11.2. The predicted molar refractivity (Wildman–Crippen MR) is 170 cm³/mol. The molecule has 0 saturated heterocycles. The van der Waals surface area contributed by atoms with Crippen molar-refractivity contribution >= 4 is 51.7 Å². The zero-order valence-electron chi connectivity index (χ0n) is 24.0. The summed E-state index contributed by atoms with van der Waals surface area (Å²) >= 11 is 3.33. The van der Waals surface area contributed by atoms with Crippen LogP contribution in [-0.2, 0) is 4.79 Å². The lowest BCUT2D eigenvalue weighted by atomic mass is 10.1. The van der Waals surface area contributed by atoms with Crippen LogP contribution in [0.5, 0.6) is 11.5 Å². The average Bonchev–Trinajstić information content (AvgIpc) is 3.01. The van der Waals surface area contributed by atoms with Gasteiger partial charge in [0.1, 0.15) is 11.5 Å². The fraction of sp³-hybridized carbons (Fsp3) is 0.0909. The van der Waals surface area contributed by atoms with Crippen LogP contribution in [0.15, 0.2) is 106 Å². The van der Waals surface area contributed by atoms with Crippen LogP contribution < -0.4 is 25.1 Å². The number of rotatable bonds is 10. The summed E-state index contributed by atoms with van der Waals surface area (Å²) in [7, 11) is 5.24. The highest BCUT2D eigenvalue weighted by Gasteiger charge is 2.16. The van der Waals surface area contributed by atoms with E-state index in [2.05, 4.69) is 31.8 Å². The number of ether oxygens (including phenoxy) is 2. The molecule has 4 aromatic carbocycles. The molecule has 11 heteroatoms. The smallest absolute Gasteiger partial charge is 0.343 e. The second-order valence-electron chi connectivity index (χ2n) is 9.51. The molecule has 0 fully saturated rings. The lowest BCUT2D eigenvalue weighted by molar-refractivity contribution is -0.117. The van der Waals surface area contributed by atoms with Gasteiger partial charge in [-0.1, -0.05) is 34.1 Å². The van der Waals surface area contributed by atoms with Gasteiger partial charge in [0, 0.05) is 29.8 Å². The van der Waals surface area contributed by atoms with Gasteiger partial charge in [-0.15, -0.1) is 0 Å². The minimum absolute atomic E-state index is 0.0446. The van der Waals surface area contributed by atoms with E-state index in [0.717, 1.165) is 16.2 Å². The van der Waals surface area contributed by atoms with Gasteiger partial charge in [-0.3, -0.25) is 9.59 Å². The second kappa shape index (κ2) is 14.7. The van der Waals surface area contributed by atoms with Crippen molar-refractivity contribution in [1.82, 2.24) is 10.7 Å². The van der Waals surface area contributed by atoms with Crippen LogP contribution in [0, 0.1) is 5.82 Å². The van der Waals surface area contributed by atoms with Crippen LogP contribution >= 0.6 is 15.9 Å². The lowest BCUT2D eigenvalue weighted by Gasteiger charge is -2.13. The monoisotopic (exact) mass is 658 g/mol. The second-order valence-corrected chi connectivity index (χ2v) is 10.4. The Bertz CT molecular complexity index is 1720. The number of hydrogen-bond acceptors (Lipinski definition) is 7. The molecule has 2 N–H and O–H groups in total. The molecule has 9 nitrogen and oxygen atoms in total. The number of anilines is 1. The van der Waals surface area contributed by atoms with E-state index in [4.69, 9.17) is 9.47 Å². The van der Waals surface area contributed by atoms with Crippen molar-refractivity contribution in [3.63, 3.8) is 0 Å². The molecule has 0 atom stereocenters. The molecule has 0 heterocycles. The number of carbonyl (C=O) groups is 3. The van der Waals surface area contributed by atoms with Crippen LogP contribution in [0.25, 0.3) is 6.08 Å². The molecule has 0 radical (unpaired) electrons. The van der Waals surface area contributed by atoms with Crippen molar-refractivity contribution in [3.05, 3.63) is 129 Å². The van der Waals surface area contributed by atoms with Crippen LogP contribution in [0.3, 0.4) is 0 Å². The molecular weight excluding hydrogens is 631 g/mol. The molecule has 44 heavy (non-hydrogen) atoms. The van der Waals surface area contributed by atoms with Crippen LogP contribution in [0.2, 0.25) is 0 Å². The first kappa shape index (κ1) is 31.6. The van der Waals surface area contributed by atoms with Gasteiger partial charge in [-0.25, -0.2) is 14.6 Å². The predicted octanol–water partition coefficient (Wildman–Crippen LogP) is 5.80. The van der Waals surface area contributed by atoms with Crippen molar-refractivity contribution in [3.8, 4) is 11.5 Å². The topological polar surface area (TPSA) is 109 Å². The zero-order valence-corrected chi connectivity index (χ0v) is 25.6. The van der Waals surface area contributed by atoms with Crippen molar-refractivity contribution in [2.24, 2.45) is 5.10 Å². The van der Waals surface area contributed by atoms with Gasteiger partial charge in [0.05, 0.1) is 18.9 Å². The fourth-order valence-corrected chi connectivity index (χ4v) is 4.10. The maximum Gasteiger partial charge on any atom is 0.343 e. The van der Waals surface area contributed by atoms with E-state index < -0.39 is 23.6 Å². The third-order valence-corrected chi connectivity index (χ3v) is 6.68. The standard InChI is InChI=1S/C33H28BrFN4O5/c1-39(2)27-14-7-21(8-15-27)17-28(37-31(40)24-5-4-6-26(35)19-24)32(41)38-36-20-22-9-16-29(30(18-22)43-3)44-33(42)23-10-12-25(34)13-11-23/h4-20H,1-3H3,(H,37,40)(H,38,41)/b28-17-,36-20-. The van der Waals surface area contributed by atoms with Gasteiger partial charge < -0.3 is 19.7 Å². The Hall–Kier alpha value is -5.29. The summed E-state index contributed by atoms with van der Waals surface area (Å²) in [5.74, 6) is -2.05. The first-order valence-electron chi connectivity index (χ1n) is 13.2. The average molecular weight is 660 g/mol. The van der Waals surface area contributed by atoms with Crippen molar-refractivity contribution in [2.45, 2.75) is 0 Å². The van der Waals surface area contributed by atoms with Gasteiger partial charge in [-0.05, 0) is 90.0 Å². The third kappa shape index (κ3) is 8.62. The van der Waals surface area contributed by atoms with Crippen LogP contribution in [-0.4, -0.2) is 45.2 Å². The largest absolute Gasteiger partial charge is 0.493 e. The highest BCUT2D eigenvalue weighted by atomic mass is 79.9. The molecule has 0 aromatic heterocycles. The molecule has 2 amide bonds. The molecule has 224 valence electrons. The summed E-state index contributed by atoms with van der Waals surface area (Å²) in [6.45, 7) is 0. The number of halogens is 2. The number of hydrogen-bond donors (Lipinski definition) is 2. The maximum atomic E-state index is 13.7. The molecule has 4 rings (SSSR count). The Morgan fingerprint density at radius 3 is 2.23 bits per heavy atom. The summed E-state index contributed by atoms with van der Waals surface area (Å²) in [5, 5.41) is 6.55. The Labute approximate surface area is 262 Å². The first-order chi connectivity index (χ1) is 21.1. The van der Waals surface area contributed by atoms with E-state index in [1.165, 1.54) is 37.6 Å². The van der Waals surface area contributed by atoms with Gasteiger partial charge >= 0.3 is 5.97 Å². The summed E-state index contributed by atoms with van der Waals surface area (Å²) in [6.07, 6.45) is 2.84. The molecule has 0 unspecified atom stereocenters. The maximum absolute atomic E-state index is 13.7. The summed E-state index contributed by atoms with van der Waals surface area (Å²) in [5.41, 5.74) is 4.81. The quantitative estimate of drug-likeness (QED) is 0.0733. The zero-order chi connectivity index (χ0) is 31.6. The van der Waals surface area contributed by atoms with Gasteiger partial charge in [0.25, 0.3) is 11.8 Å². The molecule has 0 aliphatic carbocycles. The number of benzene rings is 4. The number of carbonyl (C=O) groups excluding carboxylic acids is 3. The van der Waals surface area contributed by atoms with E-state index in [9.17, 15) is 18.8 Å². The highest BCUT2D eigenvalue weighted by molar-refractivity contribution is 9.10. The van der Waals surface area contributed by atoms with E-state index >= 15 is 0 Å². The Balaban J connectivity index is 1.50. The van der Waals surface area contributed by atoms with Gasteiger partial charge in [-0.2, -0.15) is 5.10 Å². The van der Waals surface area contributed by atoms with Crippen molar-refractivity contribution < 1.29 is 28.2 Å². The number of esters is 1. The fourth-order valence-electron chi connectivity index (χ4n) is 3.84. The Kier molecular flexibility index (Phi) is 10.6. The Morgan fingerprint density at radius 1 is 0.864 bits per heavy atom. The highest BCUT2D eigenvalue weighted by Crippen LogP contribution is 2.28. The first-order valence-corrected chi connectivity index (χ1v) is 14.0. The number of amides is 2. The van der Waals surface area contributed by atoms with E-state index in [1.807, 2.05) is 31.1 Å². The number of nitrogens with zero attached hydrogens (tertiary/aromatic N) is 2. The summed E-state index contributed by atoms with van der Waals surface area (Å²) in [6, 6.07) is 23.9. The minimum atomic E-state index is -0.713. The van der Waals surface area contributed by atoms with Crippen LogP contribution in [0.4, 0.5) is 10.1 Å². The third-order valence-electron chi connectivity index (χ3n) is 6.15. The molecular formula is C33H28BrFN4O5. The molecule has 0 spiro atoms. The Morgan fingerprint density at radius 2 is 1.57 bits per heavy atom. The summed E-state index contributed by atoms with van der Waals surface area (Å²) < 4.78 is 25.4. The van der Waals surface area contributed by atoms with Gasteiger partial charge in [0.15, 0.2) is 11.5 Å².